The van der Waals surface area contributed by atoms with Gasteiger partial charge in [-0.25, -0.2) is 0 Å². The van der Waals surface area contributed by atoms with Crippen molar-refractivity contribution in [1.29, 1.82) is 0 Å². The van der Waals surface area contributed by atoms with Crippen LogP contribution < -0.4 is 10.6 Å². The van der Waals surface area contributed by atoms with Gasteiger partial charge in [-0.05, 0) is 56.9 Å². The third kappa shape index (κ3) is 5.79. The number of nitrogens with zero attached hydrogens (tertiary/aromatic N) is 1. The predicted octanol–water partition coefficient (Wildman–Crippen LogP) is 3.39. The topological polar surface area (TPSA) is 87.7 Å². The van der Waals surface area contributed by atoms with Gasteiger partial charge in [-0.15, -0.1) is 0 Å². The number of anilines is 1. The fourth-order valence-corrected chi connectivity index (χ4v) is 4.39. The number of carbonyl (C=O) groups excluding carboxylic acids is 3. The lowest BCUT2D eigenvalue weighted by Gasteiger charge is -2.32. The van der Waals surface area contributed by atoms with Crippen LogP contribution in [0.5, 0.6) is 0 Å². The molecule has 2 aromatic carbocycles. The molecule has 4 rings (SSSR count). The van der Waals surface area contributed by atoms with Gasteiger partial charge in [-0.1, -0.05) is 29.8 Å². The summed E-state index contributed by atoms with van der Waals surface area (Å²) in [4.78, 5) is 40.4. The highest BCUT2D eigenvalue weighted by Crippen LogP contribution is 2.22. The number of hydrogen-bond acceptors (Lipinski definition) is 4. The smallest absolute Gasteiger partial charge is 0.253 e. The first-order valence-electron chi connectivity index (χ1n) is 11.7. The fourth-order valence-electron chi connectivity index (χ4n) is 4.39. The molecule has 174 valence electrons. The van der Waals surface area contributed by atoms with E-state index in [9.17, 15) is 14.4 Å². The quantitative estimate of drug-likeness (QED) is 0.708. The standard InChI is InChI=1S/C26H31N3O4/c1-18-10-12-19(13-11-18)26(32)29-14-4-6-20(17-29)24(30)28-23-9-3-2-8-22(23)25(31)27-16-21-7-5-15-33-21/h2-3,8-13,20-21H,4-7,14-17H2,1H3,(H,27,31)(H,28,30). The molecule has 0 spiro atoms. The average Bonchev–Trinajstić information content (AvgIpc) is 3.37. The maximum Gasteiger partial charge on any atom is 0.253 e. The van der Waals surface area contributed by atoms with Gasteiger partial charge in [-0.2, -0.15) is 0 Å². The summed E-state index contributed by atoms with van der Waals surface area (Å²) in [6.07, 6.45) is 3.47. The van der Waals surface area contributed by atoms with Gasteiger partial charge in [0.1, 0.15) is 0 Å². The summed E-state index contributed by atoms with van der Waals surface area (Å²) in [6, 6.07) is 14.5. The zero-order chi connectivity index (χ0) is 23.2. The number of amides is 3. The number of rotatable bonds is 6. The van der Waals surface area contributed by atoms with Gasteiger partial charge in [-0.3, -0.25) is 14.4 Å². The highest BCUT2D eigenvalue weighted by Gasteiger charge is 2.29. The summed E-state index contributed by atoms with van der Waals surface area (Å²) < 4.78 is 5.56. The Morgan fingerprint density at radius 3 is 2.58 bits per heavy atom. The molecule has 33 heavy (non-hydrogen) atoms. The second kappa shape index (κ2) is 10.6. The van der Waals surface area contributed by atoms with Crippen molar-refractivity contribution in [3.63, 3.8) is 0 Å². The van der Waals surface area contributed by atoms with Crippen LogP contribution in [0.4, 0.5) is 5.69 Å². The number of ether oxygens (including phenoxy) is 1. The highest BCUT2D eigenvalue weighted by molar-refractivity contribution is 6.04. The van der Waals surface area contributed by atoms with Crippen molar-refractivity contribution >= 4 is 23.4 Å². The minimum atomic E-state index is -0.323. The summed E-state index contributed by atoms with van der Waals surface area (Å²) in [6.45, 7) is 4.18. The number of hydrogen-bond donors (Lipinski definition) is 2. The Bertz CT molecular complexity index is 999. The van der Waals surface area contributed by atoms with Crippen molar-refractivity contribution in [2.75, 3.05) is 31.6 Å². The van der Waals surface area contributed by atoms with Crippen LogP contribution in [0.2, 0.25) is 0 Å². The van der Waals surface area contributed by atoms with Crippen molar-refractivity contribution < 1.29 is 19.1 Å². The summed E-state index contributed by atoms with van der Waals surface area (Å²) in [5.74, 6) is -0.783. The lowest BCUT2D eigenvalue weighted by atomic mass is 9.96. The molecule has 2 N–H and O–H groups in total. The summed E-state index contributed by atoms with van der Waals surface area (Å²) in [5.41, 5.74) is 2.64. The molecule has 0 saturated carbocycles. The van der Waals surface area contributed by atoms with Crippen LogP contribution in [0.1, 0.15) is 52.0 Å². The van der Waals surface area contributed by atoms with Gasteiger partial charge in [0.25, 0.3) is 11.8 Å². The Kier molecular flexibility index (Phi) is 7.40. The predicted molar refractivity (Wildman–Crippen MR) is 126 cm³/mol. The van der Waals surface area contributed by atoms with Crippen LogP contribution in [0.15, 0.2) is 48.5 Å². The monoisotopic (exact) mass is 449 g/mol. The van der Waals surface area contributed by atoms with Gasteiger partial charge in [0.15, 0.2) is 0 Å². The molecular formula is C26H31N3O4. The number of nitrogens with one attached hydrogen (secondary N) is 2. The highest BCUT2D eigenvalue weighted by atomic mass is 16.5. The molecule has 2 fully saturated rings. The Labute approximate surface area is 194 Å². The van der Waals surface area contributed by atoms with E-state index in [0.29, 0.717) is 42.9 Å². The molecule has 0 bridgehead atoms. The molecule has 2 unspecified atom stereocenters. The average molecular weight is 450 g/mol. The van der Waals surface area contributed by atoms with Crippen LogP contribution in [-0.4, -0.2) is 55.0 Å². The lowest BCUT2D eigenvalue weighted by molar-refractivity contribution is -0.121. The molecule has 0 aromatic heterocycles. The molecule has 0 aliphatic carbocycles. The van der Waals surface area contributed by atoms with E-state index in [1.54, 1.807) is 29.2 Å². The van der Waals surface area contributed by atoms with Crippen molar-refractivity contribution in [2.24, 2.45) is 5.92 Å². The maximum absolute atomic E-state index is 13.1. The first kappa shape index (κ1) is 23.0. The molecule has 7 heteroatoms. The first-order valence-corrected chi connectivity index (χ1v) is 11.7. The minimum absolute atomic E-state index is 0.0509. The van der Waals surface area contributed by atoms with Gasteiger partial charge in [0, 0.05) is 31.8 Å². The first-order chi connectivity index (χ1) is 16.0. The fraction of sp³-hybridized carbons (Fsp3) is 0.423. The Morgan fingerprint density at radius 1 is 1.03 bits per heavy atom. The molecule has 2 aliphatic heterocycles. The van der Waals surface area contributed by atoms with Crippen LogP contribution in [0, 0.1) is 12.8 Å². The Balaban J connectivity index is 1.38. The second-order valence-corrected chi connectivity index (χ2v) is 8.84. The molecule has 2 saturated heterocycles. The van der Waals surface area contributed by atoms with Gasteiger partial charge in [0.2, 0.25) is 5.91 Å². The van der Waals surface area contributed by atoms with E-state index in [1.165, 1.54) is 0 Å². The zero-order valence-electron chi connectivity index (χ0n) is 19.0. The Morgan fingerprint density at radius 2 is 1.82 bits per heavy atom. The molecule has 2 atom stereocenters. The van der Waals surface area contributed by atoms with E-state index in [4.69, 9.17) is 4.74 Å². The number of piperidine rings is 1. The normalized spacial score (nSPS) is 20.3. The van der Waals surface area contributed by atoms with Crippen molar-refractivity contribution in [3.05, 3.63) is 65.2 Å². The van der Waals surface area contributed by atoms with Crippen molar-refractivity contribution in [3.8, 4) is 0 Å². The van der Waals surface area contributed by atoms with E-state index >= 15 is 0 Å². The summed E-state index contributed by atoms with van der Waals surface area (Å²) in [7, 11) is 0. The van der Waals surface area contributed by atoms with E-state index < -0.39 is 0 Å². The van der Waals surface area contributed by atoms with Crippen molar-refractivity contribution in [1.82, 2.24) is 10.2 Å². The summed E-state index contributed by atoms with van der Waals surface area (Å²) >= 11 is 0. The number of para-hydroxylation sites is 1. The molecule has 7 nitrogen and oxygen atoms in total. The second-order valence-electron chi connectivity index (χ2n) is 8.84. The minimum Gasteiger partial charge on any atom is -0.376 e. The van der Waals surface area contributed by atoms with Gasteiger partial charge >= 0.3 is 0 Å². The van der Waals surface area contributed by atoms with Crippen LogP contribution in [-0.2, 0) is 9.53 Å². The third-order valence-electron chi connectivity index (χ3n) is 6.32. The summed E-state index contributed by atoms with van der Waals surface area (Å²) in [5, 5.41) is 5.84. The van der Waals surface area contributed by atoms with Gasteiger partial charge < -0.3 is 20.3 Å². The third-order valence-corrected chi connectivity index (χ3v) is 6.32. The molecule has 2 aromatic rings. The number of likely N-dealkylation sites (tertiary alicyclic amines) is 1. The van der Waals surface area contributed by atoms with Crippen LogP contribution in [0.25, 0.3) is 0 Å². The molecule has 3 amide bonds. The van der Waals surface area contributed by atoms with Crippen molar-refractivity contribution in [2.45, 2.75) is 38.7 Å². The molecule has 2 heterocycles. The van der Waals surface area contributed by atoms with Crippen LogP contribution in [0.3, 0.4) is 0 Å². The largest absolute Gasteiger partial charge is 0.376 e. The molecular weight excluding hydrogens is 418 g/mol. The van der Waals surface area contributed by atoms with E-state index in [0.717, 1.165) is 31.4 Å². The van der Waals surface area contributed by atoms with E-state index in [2.05, 4.69) is 10.6 Å². The Hall–Kier alpha value is -3.19. The van der Waals surface area contributed by atoms with Crippen LogP contribution >= 0.6 is 0 Å². The van der Waals surface area contributed by atoms with E-state index in [1.807, 2.05) is 31.2 Å². The SMILES string of the molecule is Cc1ccc(C(=O)N2CCCC(C(=O)Nc3ccccc3C(=O)NCC3CCCO3)C2)cc1. The van der Waals surface area contributed by atoms with Gasteiger partial charge in [0.05, 0.1) is 23.3 Å². The zero-order valence-corrected chi connectivity index (χ0v) is 19.0. The van der Waals surface area contributed by atoms with E-state index in [-0.39, 0.29) is 29.7 Å². The maximum atomic E-state index is 13.1. The number of benzene rings is 2. The molecule has 0 radical (unpaired) electrons. The lowest BCUT2D eigenvalue weighted by Crippen LogP contribution is -2.44. The number of carbonyl (C=O) groups is 3. The number of aryl methyl sites for hydroxylation is 1. The molecule has 2 aliphatic rings.